The number of hydrogen-bond acceptors (Lipinski definition) is 5. The number of aromatic nitrogens is 3. The molecular weight excluding hydrogens is 496 g/mol. The first kappa shape index (κ1) is 23.9. The number of nitrogens with zero attached hydrogens (tertiary/aromatic N) is 3. The maximum Gasteiger partial charge on any atom is 0.325 e. The van der Waals surface area contributed by atoms with Gasteiger partial charge in [-0.05, 0) is 59.0 Å². The molecule has 1 aliphatic heterocycles. The number of aromatic amines is 1. The van der Waals surface area contributed by atoms with E-state index in [9.17, 15) is 9.59 Å². The van der Waals surface area contributed by atoms with E-state index < -0.39 is 6.17 Å². The lowest BCUT2D eigenvalue weighted by molar-refractivity contribution is -0.762. The van der Waals surface area contributed by atoms with Crippen molar-refractivity contribution in [1.29, 1.82) is 0 Å². The number of carbonyl (C=O) groups is 1. The lowest BCUT2D eigenvalue weighted by Crippen LogP contribution is -2.61. The number of nitrogens with one attached hydrogen (secondary N) is 1. The van der Waals surface area contributed by atoms with E-state index in [-0.39, 0.29) is 11.5 Å². The third-order valence-electron chi connectivity index (χ3n) is 6.68. The fraction of sp³-hybridized carbons (Fsp3) is 0.133. The van der Waals surface area contributed by atoms with Crippen LogP contribution in [-0.4, -0.2) is 28.9 Å². The number of carbonyl (C=O) groups excluding carboxylic acids is 1. The van der Waals surface area contributed by atoms with Crippen LogP contribution in [0.15, 0.2) is 101 Å². The monoisotopic (exact) mass is 521 g/mol. The first-order valence-electron chi connectivity index (χ1n) is 12.3. The first-order chi connectivity index (χ1) is 18.6. The number of para-hydroxylation sites is 1. The topological polar surface area (TPSA) is 79.2 Å². The van der Waals surface area contributed by atoms with Gasteiger partial charge in [-0.2, -0.15) is 0 Å². The van der Waals surface area contributed by atoms with Crippen LogP contribution < -0.4 is 19.9 Å². The summed E-state index contributed by atoms with van der Waals surface area (Å²) in [7, 11) is 0. The van der Waals surface area contributed by atoms with Gasteiger partial charge in [0.2, 0.25) is 5.16 Å². The van der Waals surface area contributed by atoms with Crippen LogP contribution in [0.5, 0.6) is 5.75 Å². The molecule has 0 fully saturated rings. The van der Waals surface area contributed by atoms with Gasteiger partial charge in [0.15, 0.2) is 0 Å². The van der Waals surface area contributed by atoms with Crippen molar-refractivity contribution in [3.05, 3.63) is 112 Å². The van der Waals surface area contributed by atoms with Gasteiger partial charge in [0.05, 0.1) is 23.4 Å². The molecule has 188 valence electrons. The largest absolute Gasteiger partial charge is 0.493 e. The summed E-state index contributed by atoms with van der Waals surface area (Å²) < 4.78 is 7.83. The number of hydrogen-bond donors (Lipinski definition) is 1. The highest BCUT2D eigenvalue weighted by molar-refractivity contribution is 7.98. The molecule has 6 rings (SSSR count). The van der Waals surface area contributed by atoms with Crippen LogP contribution in [-0.2, 0) is 0 Å². The third kappa shape index (κ3) is 3.85. The molecule has 38 heavy (non-hydrogen) atoms. The molecule has 1 N–H and O–H groups in total. The van der Waals surface area contributed by atoms with E-state index in [0.717, 1.165) is 16.3 Å². The highest BCUT2D eigenvalue weighted by Crippen LogP contribution is 2.42. The van der Waals surface area contributed by atoms with Crippen molar-refractivity contribution in [1.82, 2.24) is 10.1 Å². The molecule has 7 nitrogen and oxygen atoms in total. The smallest absolute Gasteiger partial charge is 0.325 e. The predicted molar refractivity (Wildman–Crippen MR) is 149 cm³/mol. The van der Waals surface area contributed by atoms with Crippen molar-refractivity contribution in [2.45, 2.75) is 18.2 Å². The summed E-state index contributed by atoms with van der Waals surface area (Å²) in [5.74, 6) is 0.428. The molecule has 1 aliphatic rings. The molecule has 2 heterocycles. The van der Waals surface area contributed by atoms with Gasteiger partial charge in [0.25, 0.3) is 12.1 Å². The number of rotatable bonds is 5. The molecule has 0 aliphatic carbocycles. The number of benzene rings is 4. The number of thioether (sulfide) groups is 1. The van der Waals surface area contributed by atoms with Gasteiger partial charge in [0.1, 0.15) is 5.75 Å². The average molecular weight is 522 g/mol. The lowest BCUT2D eigenvalue weighted by atomic mass is 9.96. The SMILES string of the molecule is CCOc1ccc2ccccc2c1C1N(C(=O)c2ccccc2)c2ccccc2-c2c(=O)[nH]c(SC)n[n+]21. The van der Waals surface area contributed by atoms with Crippen molar-refractivity contribution in [2.75, 3.05) is 17.8 Å². The number of H-pyrrole nitrogens is 1. The van der Waals surface area contributed by atoms with E-state index in [1.54, 1.807) is 21.7 Å². The van der Waals surface area contributed by atoms with E-state index in [2.05, 4.69) is 4.98 Å². The van der Waals surface area contributed by atoms with Gasteiger partial charge in [-0.25, -0.2) is 4.90 Å². The zero-order valence-corrected chi connectivity index (χ0v) is 21.7. The molecule has 1 atom stereocenters. The molecule has 0 bridgehead atoms. The van der Waals surface area contributed by atoms with Gasteiger partial charge in [-0.15, -0.1) is 0 Å². The fourth-order valence-corrected chi connectivity index (χ4v) is 5.45. The van der Waals surface area contributed by atoms with Crippen molar-refractivity contribution in [2.24, 2.45) is 0 Å². The highest BCUT2D eigenvalue weighted by atomic mass is 32.2. The quantitative estimate of drug-likeness (QED) is 0.254. The predicted octanol–water partition coefficient (Wildman–Crippen LogP) is 5.21. The van der Waals surface area contributed by atoms with Crippen LogP contribution in [0.2, 0.25) is 0 Å². The molecule has 0 radical (unpaired) electrons. The summed E-state index contributed by atoms with van der Waals surface area (Å²) in [5.41, 5.74) is 2.67. The van der Waals surface area contributed by atoms with Crippen molar-refractivity contribution < 1.29 is 14.2 Å². The van der Waals surface area contributed by atoms with Crippen LogP contribution in [0, 0.1) is 0 Å². The van der Waals surface area contributed by atoms with E-state index in [1.807, 2.05) is 92.0 Å². The summed E-state index contributed by atoms with van der Waals surface area (Å²) in [6, 6.07) is 28.6. The Kier molecular flexibility index (Phi) is 6.17. The molecular formula is C30H25N4O3S+. The Morgan fingerprint density at radius 3 is 2.53 bits per heavy atom. The van der Waals surface area contributed by atoms with Crippen molar-refractivity contribution >= 4 is 34.1 Å². The molecule has 1 unspecified atom stereocenters. The summed E-state index contributed by atoms with van der Waals surface area (Å²) >= 11 is 1.34. The van der Waals surface area contributed by atoms with E-state index >= 15 is 0 Å². The molecule has 5 aromatic rings. The average Bonchev–Trinajstić information content (AvgIpc) is 2.96. The zero-order valence-electron chi connectivity index (χ0n) is 20.9. The summed E-state index contributed by atoms with van der Waals surface area (Å²) in [6.45, 7) is 2.37. The molecule has 1 aromatic heterocycles. The fourth-order valence-electron chi connectivity index (χ4n) is 5.09. The summed E-state index contributed by atoms with van der Waals surface area (Å²) in [6.07, 6.45) is 1.07. The molecule has 1 amide bonds. The Balaban J connectivity index is 1.75. The van der Waals surface area contributed by atoms with Gasteiger partial charge in [-0.3, -0.25) is 14.6 Å². The zero-order chi connectivity index (χ0) is 26.2. The minimum Gasteiger partial charge on any atom is -0.493 e. The number of ether oxygens (including phenoxy) is 1. The van der Waals surface area contributed by atoms with Crippen LogP contribution in [0.1, 0.15) is 29.0 Å². The Labute approximate surface area is 223 Å². The second kappa shape index (κ2) is 9.79. The molecule has 4 aromatic carbocycles. The van der Waals surface area contributed by atoms with Crippen LogP contribution in [0.3, 0.4) is 0 Å². The Bertz CT molecular complexity index is 1740. The second-order valence-electron chi connectivity index (χ2n) is 8.82. The minimum absolute atomic E-state index is 0.204. The Hall–Kier alpha value is -4.43. The Morgan fingerprint density at radius 1 is 1.00 bits per heavy atom. The van der Waals surface area contributed by atoms with E-state index in [0.29, 0.717) is 40.0 Å². The van der Waals surface area contributed by atoms with Crippen LogP contribution in [0.4, 0.5) is 5.69 Å². The maximum absolute atomic E-state index is 14.4. The summed E-state index contributed by atoms with van der Waals surface area (Å²) in [5, 5.41) is 7.22. The van der Waals surface area contributed by atoms with Crippen LogP contribution in [0.25, 0.3) is 22.0 Å². The van der Waals surface area contributed by atoms with Crippen molar-refractivity contribution in [3.8, 4) is 17.0 Å². The molecule has 0 saturated heterocycles. The van der Waals surface area contributed by atoms with Gasteiger partial charge in [0, 0.05) is 10.7 Å². The standard InChI is InChI=1S/C30H24N4O3S/c1-3-37-24-18-17-19-11-7-8-14-21(19)25(24)28-33(29(36)20-12-5-4-6-13-20)23-16-10-9-15-22(23)26-27(35)31-30(38-2)32-34(26)28/h4-18,28H,3H2,1-2H3/p+1. The number of amides is 1. The third-order valence-corrected chi connectivity index (χ3v) is 7.25. The number of anilines is 1. The molecule has 0 saturated carbocycles. The normalized spacial score (nSPS) is 14.2. The molecule has 8 heteroatoms. The Morgan fingerprint density at radius 2 is 1.74 bits per heavy atom. The second-order valence-corrected chi connectivity index (χ2v) is 9.62. The minimum atomic E-state index is -0.784. The van der Waals surface area contributed by atoms with Gasteiger partial charge < -0.3 is 4.74 Å². The molecule has 0 spiro atoms. The van der Waals surface area contributed by atoms with E-state index in [4.69, 9.17) is 9.84 Å². The van der Waals surface area contributed by atoms with E-state index in [1.165, 1.54) is 11.8 Å². The maximum atomic E-state index is 14.4. The summed E-state index contributed by atoms with van der Waals surface area (Å²) in [4.78, 5) is 32.5. The first-order valence-corrected chi connectivity index (χ1v) is 13.6. The lowest BCUT2D eigenvalue weighted by Gasteiger charge is -2.33. The van der Waals surface area contributed by atoms with Gasteiger partial charge >= 0.3 is 11.3 Å². The highest BCUT2D eigenvalue weighted by Gasteiger charge is 2.48. The van der Waals surface area contributed by atoms with Gasteiger partial charge in [-0.1, -0.05) is 72.4 Å². The van der Waals surface area contributed by atoms with Crippen LogP contribution >= 0.6 is 11.8 Å². The number of fused-ring (bicyclic) bond motifs is 4. The van der Waals surface area contributed by atoms with Crippen molar-refractivity contribution in [3.63, 3.8) is 0 Å².